The third-order valence-corrected chi connectivity index (χ3v) is 10.0. The minimum absolute atomic E-state index is 0.106. The first kappa shape index (κ1) is 31.4. The molecule has 11 heteroatoms. The number of hydrogen-bond acceptors (Lipinski definition) is 7. The SMILES string of the molecule is CC(C)N1C/C=C\CCC(=O)N(C)[C@H](C)[C@@H](c2ccccc2)OC(=O)[C@@H]2[C@H]3O[C@@]4(C=C3Br)[C@H](C1=O)N([C@H](C)CO)C(=O)[C@@H]24. The summed E-state index contributed by atoms with van der Waals surface area (Å²) >= 11 is 3.56. The highest BCUT2D eigenvalue weighted by Gasteiger charge is 2.75. The second-order valence-electron chi connectivity index (χ2n) is 12.2. The van der Waals surface area contributed by atoms with E-state index < -0.39 is 59.6 Å². The van der Waals surface area contributed by atoms with Gasteiger partial charge < -0.3 is 29.3 Å². The van der Waals surface area contributed by atoms with Crippen LogP contribution < -0.4 is 0 Å². The van der Waals surface area contributed by atoms with Crippen molar-refractivity contribution in [2.45, 2.75) is 82.5 Å². The van der Waals surface area contributed by atoms with Crippen molar-refractivity contribution < 1.29 is 33.8 Å². The number of rotatable bonds is 4. The van der Waals surface area contributed by atoms with E-state index in [0.717, 1.165) is 0 Å². The summed E-state index contributed by atoms with van der Waals surface area (Å²) < 4.78 is 13.3. The first-order valence-electron chi connectivity index (χ1n) is 14.9. The average molecular weight is 659 g/mol. The normalized spacial score (nSPS) is 34.9. The summed E-state index contributed by atoms with van der Waals surface area (Å²) in [6, 6.07) is 6.70. The standard InChI is InChI=1S/C32H40BrN3O7/c1-18(2)35-15-11-7-10-14-23(38)34(5)20(4)26(21-12-8-6-9-13-21)42-31(41)24-25-29(39)36(19(3)17-37)28(30(35)40)32(25)16-22(33)27(24)43-32/h6-9,11-13,16,18-20,24-28,37H,10,14-15,17H2,1-5H3/b11-7-/t19-,20-,24+,25-,26+,27+,28+,32-/m1/s1. The van der Waals surface area contributed by atoms with Crippen LogP contribution in [-0.2, 0) is 28.7 Å². The number of fused-ring (bicyclic) bond motifs is 2. The third-order valence-electron chi connectivity index (χ3n) is 9.32. The van der Waals surface area contributed by atoms with Gasteiger partial charge in [0.15, 0.2) is 0 Å². The molecular weight excluding hydrogens is 618 g/mol. The van der Waals surface area contributed by atoms with Crippen LogP contribution in [0.3, 0.4) is 0 Å². The first-order valence-corrected chi connectivity index (χ1v) is 15.7. The maximum Gasteiger partial charge on any atom is 0.313 e. The van der Waals surface area contributed by atoms with E-state index in [1.807, 2.05) is 63.3 Å². The molecule has 43 heavy (non-hydrogen) atoms. The summed E-state index contributed by atoms with van der Waals surface area (Å²) in [6.45, 7) is 7.20. The summed E-state index contributed by atoms with van der Waals surface area (Å²) in [5, 5.41) is 10.2. The molecule has 2 saturated heterocycles. The molecule has 4 aliphatic rings. The fraction of sp³-hybridized carbons (Fsp3) is 0.562. The van der Waals surface area contributed by atoms with Crippen LogP contribution in [0.25, 0.3) is 0 Å². The molecule has 0 aliphatic carbocycles. The largest absolute Gasteiger partial charge is 0.455 e. The Bertz CT molecular complexity index is 1330. The maximum absolute atomic E-state index is 14.4. The molecule has 1 N–H and O–H groups in total. The second kappa shape index (κ2) is 12.2. The van der Waals surface area contributed by atoms with Crippen LogP contribution in [0, 0.1) is 11.8 Å². The summed E-state index contributed by atoms with van der Waals surface area (Å²) in [5.41, 5.74) is -0.709. The summed E-state index contributed by atoms with van der Waals surface area (Å²) in [4.78, 5) is 60.7. The lowest BCUT2D eigenvalue weighted by atomic mass is 9.74. The maximum atomic E-state index is 14.4. The predicted molar refractivity (Wildman–Crippen MR) is 162 cm³/mol. The molecule has 0 aromatic heterocycles. The van der Waals surface area contributed by atoms with Crippen molar-refractivity contribution in [2.24, 2.45) is 11.8 Å². The lowest BCUT2D eigenvalue weighted by Crippen LogP contribution is -2.59. The fourth-order valence-corrected chi connectivity index (χ4v) is 7.63. The number of halogens is 1. The number of carbonyl (C=O) groups is 4. The van der Waals surface area contributed by atoms with E-state index in [1.165, 1.54) is 4.90 Å². The molecule has 10 nitrogen and oxygen atoms in total. The smallest absolute Gasteiger partial charge is 0.313 e. The molecule has 1 spiro atoms. The van der Waals surface area contributed by atoms with E-state index in [1.54, 1.807) is 29.8 Å². The van der Waals surface area contributed by atoms with E-state index in [0.29, 0.717) is 16.5 Å². The molecule has 0 radical (unpaired) electrons. The van der Waals surface area contributed by atoms with Gasteiger partial charge in [0.1, 0.15) is 29.8 Å². The van der Waals surface area contributed by atoms with Crippen LogP contribution >= 0.6 is 15.9 Å². The van der Waals surface area contributed by atoms with Crippen LogP contribution in [0.2, 0.25) is 0 Å². The van der Waals surface area contributed by atoms with Gasteiger partial charge >= 0.3 is 5.97 Å². The number of amides is 3. The zero-order valence-corrected chi connectivity index (χ0v) is 26.8. The van der Waals surface area contributed by atoms with Gasteiger partial charge in [0.2, 0.25) is 17.7 Å². The number of likely N-dealkylation sites (tertiary alicyclic amines) is 1. The number of aliphatic hydroxyl groups excluding tert-OH is 1. The van der Waals surface area contributed by atoms with Crippen LogP contribution in [0.5, 0.6) is 0 Å². The molecule has 0 saturated carbocycles. The van der Waals surface area contributed by atoms with Crippen LogP contribution in [-0.4, -0.2) is 99.6 Å². The number of ether oxygens (including phenoxy) is 2. The number of carbonyl (C=O) groups excluding carboxylic acids is 4. The number of allylic oxidation sites excluding steroid dienone is 1. The van der Waals surface area contributed by atoms with Crippen molar-refractivity contribution >= 4 is 39.6 Å². The van der Waals surface area contributed by atoms with Crippen molar-refractivity contribution in [1.29, 1.82) is 0 Å². The number of likely N-dealkylation sites (N-methyl/N-ethyl adjacent to an activating group) is 1. The Hall–Kier alpha value is -3.02. The van der Waals surface area contributed by atoms with Gasteiger partial charge in [-0.15, -0.1) is 0 Å². The van der Waals surface area contributed by atoms with Crippen molar-refractivity contribution in [3.05, 3.63) is 58.6 Å². The monoisotopic (exact) mass is 657 g/mol. The summed E-state index contributed by atoms with van der Waals surface area (Å²) in [7, 11) is 1.70. The highest BCUT2D eigenvalue weighted by Crippen LogP contribution is 2.59. The fourth-order valence-electron chi connectivity index (χ4n) is 6.89. The van der Waals surface area contributed by atoms with Gasteiger partial charge in [-0.05, 0) is 45.8 Å². The molecular formula is C32H40BrN3O7. The lowest BCUT2D eigenvalue weighted by molar-refractivity contribution is -0.164. The molecule has 4 aliphatic heterocycles. The zero-order valence-electron chi connectivity index (χ0n) is 25.2. The van der Waals surface area contributed by atoms with E-state index in [9.17, 15) is 24.3 Å². The van der Waals surface area contributed by atoms with Gasteiger partial charge in [-0.25, -0.2) is 0 Å². The quantitative estimate of drug-likeness (QED) is 0.391. The van der Waals surface area contributed by atoms with Gasteiger partial charge in [0.05, 0.1) is 24.6 Å². The number of aliphatic hydroxyl groups is 1. The predicted octanol–water partition coefficient (Wildman–Crippen LogP) is 2.96. The number of cyclic esters (lactones) is 1. The topological polar surface area (TPSA) is 117 Å². The number of benzene rings is 1. The Labute approximate surface area is 260 Å². The Morgan fingerprint density at radius 2 is 1.74 bits per heavy atom. The van der Waals surface area contributed by atoms with E-state index in [4.69, 9.17) is 9.47 Å². The molecule has 5 bridgehead atoms. The third kappa shape index (κ3) is 5.23. The molecule has 8 atom stereocenters. The Morgan fingerprint density at radius 3 is 2.40 bits per heavy atom. The first-order chi connectivity index (χ1) is 20.4. The van der Waals surface area contributed by atoms with Crippen molar-refractivity contribution in [3.8, 4) is 0 Å². The summed E-state index contributed by atoms with van der Waals surface area (Å²) in [5.74, 6) is -3.59. The second-order valence-corrected chi connectivity index (χ2v) is 13.1. The minimum atomic E-state index is -1.42. The molecule has 232 valence electrons. The Balaban J connectivity index is 1.64. The molecule has 1 aromatic rings. The molecule has 0 unspecified atom stereocenters. The number of esters is 1. The van der Waals surface area contributed by atoms with Crippen LogP contribution in [0.4, 0.5) is 0 Å². The molecule has 1 aromatic carbocycles. The highest BCUT2D eigenvalue weighted by molar-refractivity contribution is 9.11. The van der Waals surface area contributed by atoms with Gasteiger partial charge in [-0.2, -0.15) is 0 Å². The number of hydrogen-bond donors (Lipinski definition) is 1. The van der Waals surface area contributed by atoms with E-state index >= 15 is 0 Å². The van der Waals surface area contributed by atoms with Crippen LogP contribution in [0.15, 0.2) is 53.0 Å². The van der Waals surface area contributed by atoms with E-state index in [-0.39, 0.29) is 37.4 Å². The molecule has 3 amide bonds. The van der Waals surface area contributed by atoms with Crippen LogP contribution in [0.1, 0.15) is 52.2 Å². The lowest BCUT2D eigenvalue weighted by Gasteiger charge is -2.39. The minimum Gasteiger partial charge on any atom is -0.455 e. The average Bonchev–Trinajstić information content (AvgIpc) is 3.59. The van der Waals surface area contributed by atoms with Gasteiger partial charge in [-0.3, -0.25) is 19.2 Å². The number of nitrogens with zero attached hydrogens (tertiary/aromatic N) is 3. The molecule has 2 fully saturated rings. The molecule has 5 rings (SSSR count). The van der Waals surface area contributed by atoms with Gasteiger partial charge in [0.25, 0.3) is 0 Å². The van der Waals surface area contributed by atoms with E-state index in [2.05, 4.69) is 15.9 Å². The Morgan fingerprint density at radius 1 is 1.05 bits per heavy atom. The van der Waals surface area contributed by atoms with Gasteiger partial charge in [-0.1, -0.05) is 58.4 Å². The van der Waals surface area contributed by atoms with Crippen molar-refractivity contribution in [3.63, 3.8) is 0 Å². The molecule has 4 heterocycles. The Kier molecular flexibility index (Phi) is 8.89. The zero-order chi connectivity index (χ0) is 31.2. The summed E-state index contributed by atoms with van der Waals surface area (Å²) in [6.07, 6.45) is 4.58. The van der Waals surface area contributed by atoms with Crippen molar-refractivity contribution in [1.82, 2.24) is 14.7 Å². The van der Waals surface area contributed by atoms with Crippen molar-refractivity contribution in [2.75, 3.05) is 20.2 Å². The van der Waals surface area contributed by atoms with Gasteiger partial charge in [0, 0.05) is 30.5 Å². The highest BCUT2D eigenvalue weighted by atomic mass is 79.9.